The number of aryl methyl sites for hydroxylation is 1. The molecule has 3 aromatic heterocycles. The standard InChI is InChI=1S/C25H24N6O3/c1-3-33-15-18-6-5-17(2)19(9-18)12-24-26-14-23(34-24)20-10-21(30-8-4-7-28-30)13-22(11-20)31-25(32)27-16-29-31/h4-11,13-14,16H,3,12,15H2,1-2H3,(H,27,29,32). The van der Waals surface area contributed by atoms with Crippen LogP contribution in [0.1, 0.15) is 29.5 Å². The highest BCUT2D eigenvalue weighted by Gasteiger charge is 2.14. The molecule has 5 rings (SSSR count). The molecule has 0 atom stereocenters. The Labute approximate surface area is 195 Å². The molecular weight excluding hydrogens is 432 g/mol. The summed E-state index contributed by atoms with van der Waals surface area (Å²) >= 11 is 0. The molecule has 0 fully saturated rings. The van der Waals surface area contributed by atoms with Crippen LogP contribution >= 0.6 is 0 Å². The highest BCUT2D eigenvalue weighted by Crippen LogP contribution is 2.27. The Kier molecular flexibility index (Phi) is 5.92. The Morgan fingerprint density at radius 2 is 2.00 bits per heavy atom. The van der Waals surface area contributed by atoms with E-state index in [0.717, 1.165) is 22.4 Å². The van der Waals surface area contributed by atoms with Crippen LogP contribution in [-0.2, 0) is 17.8 Å². The molecule has 9 heteroatoms. The lowest BCUT2D eigenvalue weighted by molar-refractivity contribution is 0.134. The SMILES string of the molecule is CCOCc1ccc(C)c(Cc2ncc(-c3cc(-n4cccn4)cc(-n4nc[nH]c4=O)c3)o2)c1. The molecule has 0 radical (unpaired) electrons. The molecule has 0 aliphatic heterocycles. The van der Waals surface area contributed by atoms with Crippen LogP contribution in [0.15, 0.2) is 76.6 Å². The van der Waals surface area contributed by atoms with Crippen LogP contribution in [-0.4, -0.2) is 36.1 Å². The smallest absolute Gasteiger partial charge is 0.347 e. The van der Waals surface area contributed by atoms with Gasteiger partial charge in [0.1, 0.15) is 6.33 Å². The van der Waals surface area contributed by atoms with E-state index in [1.807, 2.05) is 37.4 Å². The van der Waals surface area contributed by atoms with E-state index in [1.54, 1.807) is 17.1 Å². The third-order valence-electron chi connectivity index (χ3n) is 5.54. The maximum Gasteiger partial charge on any atom is 0.347 e. The lowest BCUT2D eigenvalue weighted by Crippen LogP contribution is -2.16. The Morgan fingerprint density at radius 3 is 2.76 bits per heavy atom. The summed E-state index contributed by atoms with van der Waals surface area (Å²) in [4.78, 5) is 19.3. The minimum atomic E-state index is -0.329. The fraction of sp³-hybridized carbons (Fsp3) is 0.200. The number of ether oxygens (including phenoxy) is 1. The van der Waals surface area contributed by atoms with Crippen molar-refractivity contribution in [2.24, 2.45) is 0 Å². The van der Waals surface area contributed by atoms with Gasteiger partial charge in [0.05, 0.1) is 24.2 Å². The Morgan fingerprint density at radius 1 is 1.12 bits per heavy atom. The molecule has 0 unspecified atom stereocenters. The average Bonchev–Trinajstić information content (AvgIpc) is 3.62. The maximum absolute atomic E-state index is 12.2. The van der Waals surface area contributed by atoms with Gasteiger partial charge in [-0.1, -0.05) is 18.2 Å². The minimum Gasteiger partial charge on any atom is -0.440 e. The highest BCUT2D eigenvalue weighted by atomic mass is 16.5. The van der Waals surface area contributed by atoms with Crippen molar-refractivity contribution in [1.82, 2.24) is 29.5 Å². The number of benzene rings is 2. The van der Waals surface area contributed by atoms with Gasteiger partial charge in [-0.25, -0.2) is 14.5 Å². The number of nitrogens with one attached hydrogen (secondary N) is 1. The van der Waals surface area contributed by atoms with Gasteiger partial charge in [0.15, 0.2) is 11.7 Å². The van der Waals surface area contributed by atoms with Gasteiger partial charge in [0, 0.05) is 31.0 Å². The first-order valence-corrected chi connectivity index (χ1v) is 11.0. The van der Waals surface area contributed by atoms with Crippen molar-refractivity contribution in [2.75, 3.05) is 6.61 Å². The average molecular weight is 457 g/mol. The monoisotopic (exact) mass is 456 g/mol. The molecule has 2 aromatic carbocycles. The van der Waals surface area contributed by atoms with Gasteiger partial charge >= 0.3 is 5.69 Å². The van der Waals surface area contributed by atoms with E-state index in [9.17, 15) is 4.79 Å². The van der Waals surface area contributed by atoms with Crippen LogP contribution in [0.5, 0.6) is 0 Å². The quantitative estimate of drug-likeness (QED) is 0.381. The predicted molar refractivity (Wildman–Crippen MR) is 126 cm³/mol. The number of rotatable bonds is 8. The number of oxazole rings is 1. The largest absolute Gasteiger partial charge is 0.440 e. The van der Waals surface area contributed by atoms with Crippen molar-refractivity contribution in [1.29, 1.82) is 0 Å². The lowest BCUT2D eigenvalue weighted by Gasteiger charge is -2.09. The van der Waals surface area contributed by atoms with E-state index in [0.29, 0.717) is 37.0 Å². The second kappa shape index (κ2) is 9.32. The van der Waals surface area contributed by atoms with E-state index in [2.05, 4.69) is 45.3 Å². The van der Waals surface area contributed by atoms with Gasteiger partial charge in [-0.15, -0.1) is 0 Å². The van der Waals surface area contributed by atoms with Crippen molar-refractivity contribution in [2.45, 2.75) is 26.9 Å². The first-order chi connectivity index (χ1) is 16.6. The molecule has 3 heterocycles. The Balaban J connectivity index is 1.49. The molecule has 0 aliphatic rings. The third kappa shape index (κ3) is 4.46. The number of aromatic amines is 1. The van der Waals surface area contributed by atoms with Gasteiger partial charge < -0.3 is 9.15 Å². The van der Waals surface area contributed by atoms with Crippen LogP contribution in [0.25, 0.3) is 22.7 Å². The van der Waals surface area contributed by atoms with Crippen LogP contribution < -0.4 is 5.69 Å². The van der Waals surface area contributed by atoms with Gasteiger partial charge in [-0.2, -0.15) is 14.9 Å². The number of aromatic nitrogens is 6. The fourth-order valence-corrected chi connectivity index (χ4v) is 3.77. The van der Waals surface area contributed by atoms with Crippen LogP contribution in [0.4, 0.5) is 0 Å². The summed E-state index contributed by atoms with van der Waals surface area (Å²) in [6, 6.07) is 13.8. The van der Waals surface area contributed by atoms with Crippen molar-refractivity contribution in [3.8, 4) is 22.7 Å². The third-order valence-corrected chi connectivity index (χ3v) is 5.54. The molecule has 0 spiro atoms. The molecule has 0 amide bonds. The Bertz CT molecular complexity index is 1460. The molecule has 34 heavy (non-hydrogen) atoms. The van der Waals surface area contributed by atoms with Gasteiger partial charge in [-0.3, -0.25) is 4.98 Å². The van der Waals surface area contributed by atoms with Crippen LogP contribution in [0.3, 0.4) is 0 Å². The lowest BCUT2D eigenvalue weighted by atomic mass is 10.0. The van der Waals surface area contributed by atoms with Gasteiger partial charge in [0.25, 0.3) is 0 Å². The molecule has 0 saturated heterocycles. The molecular formula is C25H24N6O3. The summed E-state index contributed by atoms with van der Waals surface area (Å²) in [5.74, 6) is 1.20. The van der Waals surface area contributed by atoms with Crippen LogP contribution in [0.2, 0.25) is 0 Å². The summed E-state index contributed by atoms with van der Waals surface area (Å²) in [6.07, 6.45) is 7.16. The number of nitrogens with zero attached hydrogens (tertiary/aromatic N) is 5. The summed E-state index contributed by atoms with van der Waals surface area (Å²) in [5.41, 5.74) is 5.22. The van der Waals surface area contributed by atoms with E-state index in [4.69, 9.17) is 9.15 Å². The topological polar surface area (TPSA) is 104 Å². The van der Waals surface area contributed by atoms with Gasteiger partial charge in [-0.05, 0) is 54.8 Å². The summed E-state index contributed by atoms with van der Waals surface area (Å²) in [6.45, 7) is 5.32. The molecule has 9 nitrogen and oxygen atoms in total. The first-order valence-electron chi connectivity index (χ1n) is 11.0. The molecule has 0 bridgehead atoms. The number of H-pyrrole nitrogens is 1. The first kappa shape index (κ1) is 21.6. The molecule has 5 aromatic rings. The zero-order valence-corrected chi connectivity index (χ0v) is 18.9. The molecule has 1 N–H and O–H groups in total. The number of hydrogen-bond donors (Lipinski definition) is 1. The van der Waals surface area contributed by atoms with Crippen LogP contribution in [0, 0.1) is 6.92 Å². The van der Waals surface area contributed by atoms with Gasteiger partial charge in [0.2, 0.25) is 0 Å². The minimum absolute atomic E-state index is 0.329. The molecule has 0 saturated carbocycles. The van der Waals surface area contributed by atoms with E-state index in [1.165, 1.54) is 16.6 Å². The normalized spacial score (nSPS) is 11.2. The summed E-state index contributed by atoms with van der Waals surface area (Å²) < 4.78 is 14.7. The van der Waals surface area contributed by atoms with E-state index >= 15 is 0 Å². The molecule has 0 aliphatic carbocycles. The van der Waals surface area contributed by atoms with Crippen molar-refractivity contribution in [3.05, 3.63) is 100 Å². The molecule has 172 valence electrons. The van der Waals surface area contributed by atoms with Crippen molar-refractivity contribution in [3.63, 3.8) is 0 Å². The summed E-state index contributed by atoms with van der Waals surface area (Å²) in [7, 11) is 0. The Hall–Kier alpha value is -4.24. The van der Waals surface area contributed by atoms with Crippen molar-refractivity contribution < 1.29 is 9.15 Å². The summed E-state index contributed by atoms with van der Waals surface area (Å²) in [5, 5.41) is 8.42. The highest BCUT2D eigenvalue weighted by molar-refractivity contribution is 5.64. The zero-order chi connectivity index (χ0) is 23.5. The number of hydrogen-bond acceptors (Lipinski definition) is 6. The zero-order valence-electron chi connectivity index (χ0n) is 18.9. The predicted octanol–water partition coefficient (Wildman–Crippen LogP) is 3.84. The maximum atomic E-state index is 12.2. The van der Waals surface area contributed by atoms with E-state index < -0.39 is 0 Å². The van der Waals surface area contributed by atoms with E-state index in [-0.39, 0.29) is 5.69 Å². The second-order valence-electron chi connectivity index (χ2n) is 7.89. The van der Waals surface area contributed by atoms with Crippen molar-refractivity contribution >= 4 is 0 Å². The second-order valence-corrected chi connectivity index (χ2v) is 7.89. The fourth-order valence-electron chi connectivity index (χ4n) is 3.77.